The average Bonchev–Trinajstić information content (AvgIpc) is 3.99. The van der Waals surface area contributed by atoms with Crippen molar-refractivity contribution in [1.29, 1.82) is 15.8 Å². The minimum absolute atomic E-state index is 0.112. The molecule has 0 spiro atoms. The van der Waals surface area contributed by atoms with Crippen LogP contribution < -0.4 is 0 Å². The molecule has 0 radical (unpaired) electrons. The predicted octanol–water partition coefficient (Wildman–Crippen LogP) is 14.3. The molecule has 0 bridgehead atoms. The van der Waals surface area contributed by atoms with Gasteiger partial charge in [-0.25, -0.2) is 14.9 Å². The second kappa shape index (κ2) is 26.5. The number of aromatic carboxylic acids is 1. The number of carboxylic acids is 1. The summed E-state index contributed by atoms with van der Waals surface area (Å²) in [5, 5.41) is 35.7. The van der Waals surface area contributed by atoms with Crippen molar-refractivity contribution < 1.29 is 9.90 Å². The molecule has 3 heterocycles. The van der Waals surface area contributed by atoms with Crippen LogP contribution in [0, 0.1) is 54.4 Å². The molecule has 17 heteroatoms. The van der Waals surface area contributed by atoms with Crippen LogP contribution in [-0.2, 0) is 0 Å². The van der Waals surface area contributed by atoms with Gasteiger partial charge >= 0.3 is 5.97 Å². The molecule has 0 aliphatic rings. The molecule has 9 nitrogen and oxygen atoms in total. The first-order valence-electron chi connectivity index (χ1n) is 16.5. The van der Waals surface area contributed by atoms with E-state index >= 15 is 0 Å². The van der Waals surface area contributed by atoms with Gasteiger partial charge in [0.2, 0.25) is 0 Å². The van der Waals surface area contributed by atoms with Gasteiger partial charge in [0.1, 0.15) is 23.3 Å². The molecule has 0 fully saturated rings. The summed E-state index contributed by atoms with van der Waals surface area (Å²) in [7, 11) is 11.9. The van der Waals surface area contributed by atoms with Crippen LogP contribution in [-0.4, -0.2) is 24.2 Å². The molecular weight excluding hydrogens is 901 g/mol. The van der Waals surface area contributed by atoms with Gasteiger partial charge in [-0.2, -0.15) is 23.6 Å². The average molecular weight is 929 g/mol. The number of nitrogens with zero attached hydrogens (tertiary/aromatic N) is 7. The van der Waals surface area contributed by atoms with E-state index in [9.17, 15) is 4.79 Å². The van der Waals surface area contributed by atoms with Crippen molar-refractivity contribution in [2.24, 2.45) is 0 Å². The standard InChI is InChI=1S/C11H8N2S.C11H9NO2S.C10H5ClN2S.C10H6N2.Cl2S2/c1-8-10(7-12)11(14-13-8)9-5-3-2-4-6-9;1-7-9(11(13)14)10(15-12-7)8-5-3-2-4-6-8;11-10-8(6-12)9(14-13-10)7-4-2-1-3-5-7;1-12-10(8-11)7-9-5-3-2-4-6-9;1-3-4-2/h2-6H,1H3;2-6H,1H3,(H,13,14);1-5H;2-7H;/b;;;10-7-;. The first kappa shape index (κ1) is 47.9. The van der Waals surface area contributed by atoms with Crippen molar-refractivity contribution in [2.45, 2.75) is 13.8 Å². The summed E-state index contributed by atoms with van der Waals surface area (Å²) in [5.74, 6) is -0.917. The number of allylic oxidation sites excluding steroid dienone is 1. The number of carbonyl (C=O) groups is 1. The maximum absolute atomic E-state index is 11.0. The number of rotatable bonds is 6. The SMILES string of the molecule is Cc1nsc(-c2ccccc2)c1C#N.Cc1nsc(-c2ccccc2)c1C(=O)O.ClSSCl.N#Cc1c(Cl)nsc1-c1ccccc1.[C-]#[N+]/C(C#N)=C\c1ccccc1. The number of hydrogen-bond acceptors (Lipinski definition) is 12. The number of aromatic nitrogens is 3. The fraction of sp³-hybridized carbons (Fsp3) is 0.0476. The summed E-state index contributed by atoms with van der Waals surface area (Å²) >= 11 is 9.63. The van der Waals surface area contributed by atoms with E-state index in [-0.39, 0.29) is 10.9 Å². The Labute approximate surface area is 376 Å². The Balaban J connectivity index is 0.000000204. The van der Waals surface area contributed by atoms with Crippen molar-refractivity contribution >= 4 is 99.6 Å². The zero-order valence-corrected chi connectivity index (χ0v) is 37.1. The highest BCUT2D eigenvalue weighted by molar-refractivity contribution is 8.92. The van der Waals surface area contributed by atoms with Crippen LogP contribution in [0.25, 0.3) is 42.2 Å². The Bertz CT molecular complexity index is 2480. The number of aryl methyl sites for hydroxylation is 2. The van der Waals surface area contributed by atoms with Crippen molar-refractivity contribution in [3.05, 3.63) is 177 Å². The molecule has 0 aliphatic heterocycles. The van der Waals surface area contributed by atoms with E-state index in [2.05, 4.69) is 30.1 Å². The highest BCUT2D eigenvalue weighted by Gasteiger charge is 2.18. The van der Waals surface area contributed by atoms with Crippen LogP contribution in [0.2, 0.25) is 5.15 Å². The fourth-order valence-electron chi connectivity index (χ4n) is 4.65. The summed E-state index contributed by atoms with van der Waals surface area (Å²) in [6.07, 6.45) is 1.56. The number of benzene rings is 4. The van der Waals surface area contributed by atoms with Gasteiger partial charge in [0, 0.05) is 20.0 Å². The summed E-state index contributed by atoms with van der Waals surface area (Å²) in [5.41, 5.74) is 6.80. The molecule has 0 unspecified atom stereocenters. The van der Waals surface area contributed by atoms with Gasteiger partial charge in [-0.1, -0.05) is 133 Å². The van der Waals surface area contributed by atoms with E-state index in [4.69, 9.17) is 60.4 Å². The van der Waals surface area contributed by atoms with Crippen LogP contribution in [0.3, 0.4) is 0 Å². The monoisotopic (exact) mass is 927 g/mol. The van der Waals surface area contributed by atoms with Gasteiger partial charge in [0.15, 0.2) is 5.15 Å². The lowest BCUT2D eigenvalue weighted by atomic mass is 10.1. The maximum Gasteiger partial charge on any atom is 0.339 e. The topological polar surface area (TPSA) is 152 Å². The van der Waals surface area contributed by atoms with E-state index in [0.29, 0.717) is 22.4 Å². The van der Waals surface area contributed by atoms with Gasteiger partial charge in [-0.05, 0) is 98.1 Å². The molecule has 0 aliphatic carbocycles. The van der Waals surface area contributed by atoms with Gasteiger partial charge in [-0.3, -0.25) is 0 Å². The number of hydrogen-bond donors (Lipinski definition) is 1. The molecule has 0 saturated heterocycles. The van der Waals surface area contributed by atoms with Crippen LogP contribution in [0.1, 0.15) is 38.4 Å². The molecule has 7 rings (SSSR count). The van der Waals surface area contributed by atoms with Crippen molar-refractivity contribution in [3.63, 3.8) is 0 Å². The van der Waals surface area contributed by atoms with E-state index in [1.165, 1.54) is 34.6 Å². The Morgan fingerprint density at radius 1 is 0.678 bits per heavy atom. The quantitative estimate of drug-likeness (QED) is 0.0969. The Kier molecular flexibility index (Phi) is 21.5. The molecule has 0 atom stereocenters. The summed E-state index contributed by atoms with van der Waals surface area (Å²) in [6.45, 7) is 10.2. The van der Waals surface area contributed by atoms with E-state index < -0.39 is 5.97 Å². The number of carboxylic acid groups (broad SMARTS) is 1. The zero-order chi connectivity index (χ0) is 43.0. The third-order valence-corrected chi connectivity index (χ3v) is 12.4. The second-order valence-electron chi connectivity index (χ2n) is 11.0. The smallest absolute Gasteiger partial charge is 0.339 e. The minimum Gasteiger partial charge on any atom is -0.478 e. The van der Waals surface area contributed by atoms with E-state index in [0.717, 1.165) is 62.6 Å². The number of nitriles is 3. The first-order chi connectivity index (χ1) is 28.6. The van der Waals surface area contributed by atoms with Gasteiger partial charge < -0.3 is 5.11 Å². The third-order valence-electron chi connectivity index (χ3n) is 7.28. The summed E-state index contributed by atoms with van der Waals surface area (Å²) in [6, 6.07) is 44.3. The Morgan fingerprint density at radius 2 is 1.08 bits per heavy atom. The van der Waals surface area contributed by atoms with Gasteiger partial charge in [0.25, 0.3) is 5.70 Å². The highest BCUT2D eigenvalue weighted by atomic mass is 35.8. The van der Waals surface area contributed by atoms with Crippen LogP contribution in [0.4, 0.5) is 0 Å². The molecule has 4 aromatic carbocycles. The molecule has 59 heavy (non-hydrogen) atoms. The summed E-state index contributed by atoms with van der Waals surface area (Å²) in [4.78, 5) is 16.6. The highest BCUT2D eigenvalue weighted by Crippen LogP contribution is 2.33. The molecule has 0 amide bonds. The third kappa shape index (κ3) is 15.0. The Hall–Kier alpha value is -5.49. The zero-order valence-electron chi connectivity index (χ0n) is 30.8. The van der Waals surface area contributed by atoms with Crippen LogP contribution in [0.15, 0.2) is 127 Å². The van der Waals surface area contributed by atoms with Crippen molar-refractivity contribution in [2.75, 3.05) is 0 Å². The molecule has 1 N–H and O–H groups in total. The number of halogens is 3. The second-order valence-corrected chi connectivity index (χ2v) is 17.0. The molecule has 7 aromatic rings. The molecule has 294 valence electrons. The molecule has 3 aromatic heterocycles. The fourth-order valence-corrected chi connectivity index (χ4v) is 7.41. The van der Waals surface area contributed by atoms with Crippen molar-refractivity contribution in [3.8, 4) is 49.5 Å². The molecule has 0 saturated carbocycles. The van der Waals surface area contributed by atoms with E-state index in [1.807, 2.05) is 134 Å². The van der Waals surface area contributed by atoms with Crippen LogP contribution in [0.5, 0.6) is 0 Å². The maximum atomic E-state index is 11.0. The van der Waals surface area contributed by atoms with E-state index in [1.54, 1.807) is 13.0 Å². The normalized spacial score (nSPS) is 9.75. The van der Waals surface area contributed by atoms with Gasteiger partial charge in [-0.15, -0.1) is 0 Å². The predicted molar refractivity (Wildman–Crippen MR) is 247 cm³/mol. The van der Waals surface area contributed by atoms with Crippen molar-refractivity contribution in [1.82, 2.24) is 13.1 Å². The lowest BCUT2D eigenvalue weighted by Gasteiger charge is -1.98. The van der Waals surface area contributed by atoms with Crippen LogP contribution >= 0.6 is 87.6 Å². The lowest BCUT2D eigenvalue weighted by molar-refractivity contribution is 0.0697. The largest absolute Gasteiger partial charge is 0.478 e. The Morgan fingerprint density at radius 3 is 1.51 bits per heavy atom. The summed E-state index contributed by atoms with van der Waals surface area (Å²) < 4.78 is 12.2. The lowest BCUT2D eigenvalue weighted by Crippen LogP contribution is -1.98. The first-order valence-corrected chi connectivity index (χ1v) is 23.0. The molecular formula is C42H28Cl3N7O2S5. The van der Waals surface area contributed by atoms with Gasteiger partial charge in [0.05, 0.1) is 44.2 Å². The minimum atomic E-state index is -0.917.